The molecule has 2 N–H and O–H groups in total. The zero-order valence-electron chi connectivity index (χ0n) is 17.2. The number of nitrogens with zero attached hydrogens (tertiary/aromatic N) is 1. The quantitative estimate of drug-likeness (QED) is 0.629. The van der Waals surface area contributed by atoms with Crippen molar-refractivity contribution in [3.8, 4) is 0 Å². The van der Waals surface area contributed by atoms with Crippen molar-refractivity contribution in [3.63, 3.8) is 0 Å². The Balaban J connectivity index is 0.00000392. The van der Waals surface area contributed by atoms with E-state index in [1.807, 2.05) is 13.8 Å². The molecule has 1 aromatic rings. The van der Waals surface area contributed by atoms with Gasteiger partial charge in [0.1, 0.15) is 0 Å². The topological polar surface area (TPSA) is 78.5 Å². The molecule has 1 amide bonds. The second-order valence-electron chi connectivity index (χ2n) is 7.57. The Bertz CT molecular complexity index is 713. The molecular formula is C20H34ClN3O3S. The Kier molecular flexibility index (Phi) is 9.90. The maximum atomic E-state index is 12.5. The molecule has 2 rings (SSSR count). The van der Waals surface area contributed by atoms with Gasteiger partial charge in [0.25, 0.3) is 0 Å². The van der Waals surface area contributed by atoms with Crippen LogP contribution in [0.1, 0.15) is 45.6 Å². The number of nitrogens with one attached hydrogen (secondary N) is 2. The number of piperidine rings is 1. The summed E-state index contributed by atoms with van der Waals surface area (Å²) in [5.74, 6) is 0.0506. The average molecular weight is 432 g/mol. The Morgan fingerprint density at radius 1 is 1.14 bits per heavy atom. The summed E-state index contributed by atoms with van der Waals surface area (Å²) in [6.45, 7) is 9.53. The molecule has 8 heteroatoms. The Morgan fingerprint density at radius 3 is 2.25 bits per heavy atom. The summed E-state index contributed by atoms with van der Waals surface area (Å²) in [4.78, 5) is 12.5. The van der Waals surface area contributed by atoms with Crippen LogP contribution in [-0.2, 0) is 21.2 Å². The fourth-order valence-electron chi connectivity index (χ4n) is 3.41. The predicted octanol–water partition coefficient (Wildman–Crippen LogP) is 2.58. The number of amides is 1. The molecule has 6 nitrogen and oxygen atoms in total. The summed E-state index contributed by atoms with van der Waals surface area (Å²) in [6.07, 6.45) is 3.18. The molecule has 160 valence electrons. The monoisotopic (exact) mass is 431 g/mol. The van der Waals surface area contributed by atoms with Crippen LogP contribution in [0.15, 0.2) is 29.2 Å². The highest BCUT2D eigenvalue weighted by Crippen LogP contribution is 2.26. The molecule has 0 unspecified atom stereocenters. The highest BCUT2D eigenvalue weighted by Gasteiger charge is 2.27. The summed E-state index contributed by atoms with van der Waals surface area (Å²) in [6, 6.07) is 6.88. The number of carbonyl (C=O) groups excluding carboxylic acids is 1. The van der Waals surface area contributed by atoms with Crippen molar-refractivity contribution in [1.29, 1.82) is 0 Å². The Labute approximate surface area is 175 Å². The van der Waals surface area contributed by atoms with Crippen molar-refractivity contribution in [2.75, 3.05) is 32.7 Å². The van der Waals surface area contributed by atoms with Crippen molar-refractivity contribution in [2.45, 2.75) is 51.3 Å². The van der Waals surface area contributed by atoms with E-state index in [1.165, 1.54) is 4.31 Å². The van der Waals surface area contributed by atoms with Crippen LogP contribution in [0.25, 0.3) is 0 Å². The summed E-state index contributed by atoms with van der Waals surface area (Å²) < 4.78 is 26.4. The maximum absolute atomic E-state index is 12.5. The lowest BCUT2D eigenvalue weighted by molar-refractivity contribution is -0.121. The largest absolute Gasteiger partial charge is 0.356 e. The van der Waals surface area contributed by atoms with Gasteiger partial charge in [-0.3, -0.25) is 4.79 Å². The number of sulfonamides is 1. The number of hydrogen-bond donors (Lipinski definition) is 2. The van der Waals surface area contributed by atoms with Crippen molar-refractivity contribution in [3.05, 3.63) is 29.8 Å². The highest BCUT2D eigenvalue weighted by molar-refractivity contribution is 7.89. The number of carbonyl (C=O) groups is 1. The van der Waals surface area contributed by atoms with Crippen LogP contribution in [0.2, 0.25) is 0 Å². The predicted molar refractivity (Wildman–Crippen MR) is 115 cm³/mol. The van der Waals surface area contributed by atoms with Gasteiger partial charge in [-0.1, -0.05) is 32.9 Å². The minimum atomic E-state index is -3.43. The van der Waals surface area contributed by atoms with Gasteiger partial charge in [0.05, 0.1) is 4.90 Å². The van der Waals surface area contributed by atoms with E-state index in [4.69, 9.17) is 0 Å². The molecule has 1 saturated heterocycles. The molecule has 1 fully saturated rings. The van der Waals surface area contributed by atoms with Crippen LogP contribution in [0, 0.1) is 5.41 Å². The minimum Gasteiger partial charge on any atom is -0.356 e. The number of halogens is 1. The summed E-state index contributed by atoms with van der Waals surface area (Å²) in [7, 11) is -3.43. The summed E-state index contributed by atoms with van der Waals surface area (Å²) in [5.41, 5.74) is 1.15. The molecule has 1 aliphatic rings. The zero-order valence-corrected chi connectivity index (χ0v) is 18.8. The second kappa shape index (κ2) is 11.1. The molecule has 1 heterocycles. The lowest BCUT2D eigenvalue weighted by atomic mass is 9.81. The Hall–Kier alpha value is -1.15. The molecule has 28 heavy (non-hydrogen) atoms. The van der Waals surface area contributed by atoms with Crippen molar-refractivity contribution < 1.29 is 13.2 Å². The third-order valence-corrected chi connectivity index (χ3v) is 7.49. The van der Waals surface area contributed by atoms with Gasteiger partial charge in [0, 0.05) is 26.1 Å². The number of aryl methyl sites for hydroxylation is 1. The van der Waals surface area contributed by atoms with E-state index in [0.717, 1.165) is 31.5 Å². The van der Waals surface area contributed by atoms with E-state index < -0.39 is 10.0 Å². The van der Waals surface area contributed by atoms with Crippen LogP contribution in [0.3, 0.4) is 0 Å². The lowest BCUT2D eigenvalue weighted by Gasteiger charge is -2.34. The highest BCUT2D eigenvalue weighted by atomic mass is 35.5. The van der Waals surface area contributed by atoms with Gasteiger partial charge in [-0.05, 0) is 55.5 Å². The first kappa shape index (κ1) is 24.9. The van der Waals surface area contributed by atoms with E-state index in [0.29, 0.717) is 37.4 Å². The van der Waals surface area contributed by atoms with Crippen LogP contribution >= 0.6 is 12.4 Å². The fraction of sp³-hybridized carbons (Fsp3) is 0.650. The van der Waals surface area contributed by atoms with Gasteiger partial charge < -0.3 is 10.6 Å². The van der Waals surface area contributed by atoms with Crippen LogP contribution in [0.4, 0.5) is 0 Å². The third kappa shape index (κ3) is 6.72. The van der Waals surface area contributed by atoms with Gasteiger partial charge >= 0.3 is 0 Å². The minimum absolute atomic E-state index is 0. The molecule has 1 aliphatic heterocycles. The zero-order chi connectivity index (χ0) is 19.9. The molecule has 0 atom stereocenters. The molecule has 0 saturated carbocycles. The number of benzene rings is 1. The van der Waals surface area contributed by atoms with Crippen LogP contribution in [0.5, 0.6) is 0 Å². The molecule has 1 aromatic carbocycles. The second-order valence-corrected chi connectivity index (χ2v) is 9.51. The molecule has 0 bridgehead atoms. The standard InChI is InChI=1S/C20H33N3O3S.ClH/c1-4-23(5-2)27(25,26)18-9-6-17(7-10-18)8-11-19(24)22-16-20(3)12-14-21-15-13-20;/h6-7,9-10,21H,4-5,8,11-16H2,1-3H3,(H,22,24);1H. The average Bonchev–Trinajstić information content (AvgIpc) is 2.66. The van der Waals surface area contributed by atoms with Gasteiger partial charge in [-0.15, -0.1) is 12.4 Å². The smallest absolute Gasteiger partial charge is 0.243 e. The van der Waals surface area contributed by atoms with E-state index in [-0.39, 0.29) is 23.7 Å². The van der Waals surface area contributed by atoms with Gasteiger partial charge in [0.15, 0.2) is 0 Å². The van der Waals surface area contributed by atoms with Crippen molar-refractivity contribution >= 4 is 28.3 Å². The van der Waals surface area contributed by atoms with E-state index in [2.05, 4.69) is 17.6 Å². The number of rotatable bonds is 9. The van der Waals surface area contributed by atoms with Crippen molar-refractivity contribution in [1.82, 2.24) is 14.9 Å². The molecule has 0 radical (unpaired) electrons. The molecule has 0 aliphatic carbocycles. The van der Waals surface area contributed by atoms with Crippen LogP contribution < -0.4 is 10.6 Å². The first-order valence-electron chi connectivity index (χ1n) is 9.87. The SMILES string of the molecule is CCN(CC)S(=O)(=O)c1ccc(CCC(=O)NCC2(C)CCNCC2)cc1.Cl. The van der Waals surface area contributed by atoms with E-state index >= 15 is 0 Å². The number of hydrogen-bond acceptors (Lipinski definition) is 4. The normalized spacial score (nSPS) is 16.4. The van der Waals surface area contributed by atoms with E-state index in [9.17, 15) is 13.2 Å². The lowest BCUT2D eigenvalue weighted by Crippen LogP contribution is -2.42. The molecular weight excluding hydrogens is 398 g/mol. The van der Waals surface area contributed by atoms with Gasteiger partial charge in [0.2, 0.25) is 15.9 Å². The maximum Gasteiger partial charge on any atom is 0.243 e. The fourth-order valence-corrected chi connectivity index (χ4v) is 4.86. The first-order valence-corrected chi connectivity index (χ1v) is 11.3. The van der Waals surface area contributed by atoms with E-state index in [1.54, 1.807) is 24.3 Å². The molecule has 0 spiro atoms. The summed E-state index contributed by atoms with van der Waals surface area (Å²) >= 11 is 0. The molecule has 0 aromatic heterocycles. The summed E-state index contributed by atoms with van der Waals surface area (Å²) in [5, 5.41) is 6.40. The third-order valence-electron chi connectivity index (χ3n) is 5.43. The Morgan fingerprint density at radius 2 is 1.71 bits per heavy atom. The first-order chi connectivity index (χ1) is 12.8. The van der Waals surface area contributed by atoms with Gasteiger partial charge in [-0.25, -0.2) is 8.42 Å². The van der Waals surface area contributed by atoms with Crippen LogP contribution in [-0.4, -0.2) is 51.4 Å². The van der Waals surface area contributed by atoms with Crippen molar-refractivity contribution in [2.24, 2.45) is 5.41 Å². The van der Waals surface area contributed by atoms with Gasteiger partial charge in [-0.2, -0.15) is 4.31 Å².